The van der Waals surface area contributed by atoms with E-state index in [1.54, 1.807) is 4.90 Å². The van der Waals surface area contributed by atoms with Crippen molar-refractivity contribution in [2.75, 3.05) is 26.3 Å². The minimum atomic E-state index is -2.64. The van der Waals surface area contributed by atoms with Crippen LogP contribution in [0.1, 0.15) is 12.8 Å². The number of carbonyl (C=O) groups excluding carboxylic acids is 1. The third-order valence-corrected chi connectivity index (χ3v) is 5.01. The summed E-state index contributed by atoms with van der Waals surface area (Å²) in [5.74, 6) is -3.36. The van der Waals surface area contributed by atoms with Crippen molar-refractivity contribution in [1.82, 2.24) is 4.90 Å². The van der Waals surface area contributed by atoms with E-state index in [0.29, 0.717) is 13.1 Å². The third-order valence-electron chi connectivity index (χ3n) is 5.01. The monoisotopic (exact) mass is 261 g/mol. The van der Waals surface area contributed by atoms with Crippen molar-refractivity contribution in [2.45, 2.75) is 18.8 Å². The van der Waals surface area contributed by atoms with E-state index < -0.39 is 17.3 Å². The van der Waals surface area contributed by atoms with Gasteiger partial charge in [0, 0.05) is 37.3 Å². The molecule has 0 aromatic carbocycles. The highest BCUT2D eigenvalue weighted by Gasteiger charge is 2.68. The molecular formula is C12H17F2NO3. The molecule has 2 N–H and O–H groups in total. The van der Waals surface area contributed by atoms with Crippen LogP contribution in [0.4, 0.5) is 8.78 Å². The Bertz CT molecular complexity index is 370. The Morgan fingerprint density at radius 2 is 1.72 bits per heavy atom. The fourth-order valence-corrected chi connectivity index (χ4v) is 3.39. The summed E-state index contributed by atoms with van der Waals surface area (Å²) in [7, 11) is 0. The predicted molar refractivity (Wildman–Crippen MR) is 57.8 cm³/mol. The van der Waals surface area contributed by atoms with Gasteiger partial charge in [-0.1, -0.05) is 0 Å². The molecule has 102 valence electrons. The van der Waals surface area contributed by atoms with Crippen LogP contribution in [-0.2, 0) is 4.79 Å². The van der Waals surface area contributed by atoms with E-state index in [2.05, 4.69) is 0 Å². The zero-order chi connectivity index (χ0) is 13.1. The van der Waals surface area contributed by atoms with Crippen molar-refractivity contribution in [3.05, 3.63) is 0 Å². The van der Waals surface area contributed by atoms with Crippen LogP contribution in [0.2, 0.25) is 0 Å². The lowest BCUT2D eigenvalue weighted by Gasteiger charge is -2.24. The Morgan fingerprint density at radius 3 is 2.11 bits per heavy atom. The van der Waals surface area contributed by atoms with Gasteiger partial charge in [-0.25, -0.2) is 8.78 Å². The second kappa shape index (κ2) is 3.63. The van der Waals surface area contributed by atoms with E-state index in [9.17, 15) is 23.8 Å². The first-order chi connectivity index (χ1) is 8.44. The van der Waals surface area contributed by atoms with E-state index in [4.69, 9.17) is 0 Å². The van der Waals surface area contributed by atoms with Crippen molar-refractivity contribution >= 4 is 5.91 Å². The van der Waals surface area contributed by atoms with Gasteiger partial charge in [0.05, 0.1) is 13.2 Å². The number of aliphatic hydroxyl groups is 2. The van der Waals surface area contributed by atoms with Gasteiger partial charge in [0.15, 0.2) is 0 Å². The number of alkyl halides is 2. The van der Waals surface area contributed by atoms with Crippen LogP contribution in [0.5, 0.6) is 0 Å². The Hall–Kier alpha value is -0.750. The van der Waals surface area contributed by atoms with E-state index in [1.807, 2.05) is 0 Å². The summed E-state index contributed by atoms with van der Waals surface area (Å²) in [5, 5.41) is 18.5. The summed E-state index contributed by atoms with van der Waals surface area (Å²) in [4.78, 5) is 13.4. The second-order valence-electron chi connectivity index (χ2n) is 5.93. The van der Waals surface area contributed by atoms with Crippen molar-refractivity contribution in [3.63, 3.8) is 0 Å². The molecule has 2 aliphatic carbocycles. The van der Waals surface area contributed by atoms with Crippen molar-refractivity contribution in [2.24, 2.45) is 23.2 Å². The van der Waals surface area contributed by atoms with Gasteiger partial charge < -0.3 is 15.1 Å². The fourth-order valence-electron chi connectivity index (χ4n) is 3.39. The average Bonchev–Trinajstić information content (AvgIpc) is 3.02. The number of hydrogen-bond acceptors (Lipinski definition) is 3. The minimum absolute atomic E-state index is 0.0679. The summed E-state index contributed by atoms with van der Waals surface area (Å²) in [6.45, 7) is 0.842. The molecule has 0 spiro atoms. The number of aliphatic hydroxyl groups excluding tert-OH is 2. The van der Waals surface area contributed by atoms with E-state index >= 15 is 0 Å². The lowest BCUT2D eigenvalue weighted by molar-refractivity contribution is -0.132. The largest absolute Gasteiger partial charge is 0.396 e. The average molecular weight is 261 g/mol. The molecule has 1 amide bonds. The zero-order valence-corrected chi connectivity index (χ0v) is 9.98. The van der Waals surface area contributed by atoms with Crippen LogP contribution in [0.3, 0.4) is 0 Å². The summed E-state index contributed by atoms with van der Waals surface area (Å²) >= 11 is 0. The minimum Gasteiger partial charge on any atom is -0.396 e. The smallest absolute Gasteiger partial charge is 0.252 e. The standard InChI is InChI=1S/C12H17F2NO3/c13-12(14)2-7(12)1-10(18)15-3-8-9(4-15)11(8,5-16)6-17/h7-9,16-17H,1-6H2. The Balaban J connectivity index is 1.52. The van der Waals surface area contributed by atoms with Crippen molar-refractivity contribution < 1.29 is 23.8 Å². The van der Waals surface area contributed by atoms with Crippen LogP contribution in [0.15, 0.2) is 0 Å². The third kappa shape index (κ3) is 1.58. The van der Waals surface area contributed by atoms with Gasteiger partial charge in [-0.15, -0.1) is 0 Å². The summed E-state index contributed by atoms with van der Waals surface area (Å²) in [6, 6.07) is 0. The molecule has 3 rings (SSSR count). The van der Waals surface area contributed by atoms with Crippen molar-refractivity contribution in [1.29, 1.82) is 0 Å². The molecule has 0 aromatic heterocycles. The molecule has 3 atom stereocenters. The number of fused-ring (bicyclic) bond motifs is 1. The molecule has 3 unspecified atom stereocenters. The highest BCUT2D eigenvalue weighted by atomic mass is 19.3. The highest BCUT2D eigenvalue weighted by molar-refractivity contribution is 5.77. The molecule has 6 heteroatoms. The van der Waals surface area contributed by atoms with E-state index in [1.165, 1.54) is 0 Å². The number of hydrogen-bond donors (Lipinski definition) is 2. The summed E-state index contributed by atoms with van der Waals surface area (Å²) in [6.07, 6.45) is -0.242. The maximum atomic E-state index is 12.7. The Morgan fingerprint density at radius 1 is 1.22 bits per heavy atom. The number of carbonyl (C=O) groups is 1. The molecule has 2 saturated carbocycles. The highest BCUT2D eigenvalue weighted by Crippen LogP contribution is 2.62. The lowest BCUT2D eigenvalue weighted by atomic mass is 10.0. The fraction of sp³-hybridized carbons (Fsp3) is 0.917. The predicted octanol–water partition coefficient (Wildman–Crippen LogP) is 0.0909. The maximum Gasteiger partial charge on any atom is 0.252 e. The van der Waals surface area contributed by atoms with Crippen LogP contribution in [0.25, 0.3) is 0 Å². The zero-order valence-electron chi connectivity index (χ0n) is 9.98. The van der Waals surface area contributed by atoms with Gasteiger partial charge in [0.1, 0.15) is 0 Å². The first kappa shape index (κ1) is 12.3. The molecular weight excluding hydrogens is 244 g/mol. The topological polar surface area (TPSA) is 60.8 Å². The summed E-state index contributed by atoms with van der Waals surface area (Å²) in [5.41, 5.74) is -0.430. The molecule has 1 heterocycles. The van der Waals surface area contributed by atoms with Gasteiger partial charge in [-0.05, 0) is 11.8 Å². The van der Waals surface area contributed by atoms with Gasteiger partial charge in [-0.2, -0.15) is 0 Å². The molecule has 0 aromatic rings. The molecule has 0 bridgehead atoms. The second-order valence-corrected chi connectivity index (χ2v) is 5.93. The number of halogens is 2. The molecule has 0 radical (unpaired) electrons. The Kier molecular flexibility index (Phi) is 2.48. The van der Waals surface area contributed by atoms with Crippen LogP contribution in [0, 0.1) is 23.2 Å². The number of piperidine rings is 1. The molecule has 3 aliphatic rings. The Labute approximate surface area is 104 Å². The SMILES string of the molecule is O=C(CC1CC1(F)F)N1CC2C(C1)C2(CO)CO. The van der Waals surface area contributed by atoms with E-state index in [0.717, 1.165) is 0 Å². The molecule has 1 aliphatic heterocycles. The maximum absolute atomic E-state index is 12.7. The molecule has 3 fully saturated rings. The number of rotatable bonds is 4. The van der Waals surface area contributed by atoms with E-state index in [-0.39, 0.29) is 43.8 Å². The number of likely N-dealkylation sites (tertiary alicyclic amines) is 1. The van der Waals surface area contributed by atoms with Gasteiger partial charge in [-0.3, -0.25) is 4.79 Å². The van der Waals surface area contributed by atoms with Gasteiger partial charge >= 0.3 is 0 Å². The van der Waals surface area contributed by atoms with Crippen LogP contribution >= 0.6 is 0 Å². The normalized spacial score (nSPS) is 38.4. The molecule has 4 nitrogen and oxygen atoms in total. The van der Waals surface area contributed by atoms with Crippen LogP contribution < -0.4 is 0 Å². The first-order valence-electron chi connectivity index (χ1n) is 6.32. The summed E-state index contributed by atoms with van der Waals surface area (Å²) < 4.78 is 25.4. The van der Waals surface area contributed by atoms with Gasteiger partial charge in [0.2, 0.25) is 5.91 Å². The van der Waals surface area contributed by atoms with Crippen LogP contribution in [-0.4, -0.2) is 53.2 Å². The molecule has 1 saturated heterocycles. The number of amides is 1. The number of nitrogens with zero attached hydrogens (tertiary/aromatic N) is 1. The first-order valence-corrected chi connectivity index (χ1v) is 6.32. The molecule has 18 heavy (non-hydrogen) atoms. The van der Waals surface area contributed by atoms with Crippen molar-refractivity contribution in [3.8, 4) is 0 Å². The quantitative estimate of drug-likeness (QED) is 0.754. The lowest BCUT2D eigenvalue weighted by Crippen LogP contribution is -2.36. The van der Waals surface area contributed by atoms with Gasteiger partial charge in [0.25, 0.3) is 5.92 Å².